The minimum atomic E-state index is -0.0222. The van der Waals surface area contributed by atoms with Crippen molar-refractivity contribution in [2.45, 2.75) is 13.5 Å². The van der Waals surface area contributed by atoms with Gasteiger partial charge in [0.25, 0.3) is 0 Å². The van der Waals surface area contributed by atoms with Crippen molar-refractivity contribution in [1.82, 2.24) is 40.5 Å². The topological polar surface area (TPSA) is 136 Å². The van der Waals surface area contributed by atoms with Gasteiger partial charge in [0.1, 0.15) is 18.1 Å². The van der Waals surface area contributed by atoms with Crippen LogP contribution < -0.4 is 15.0 Å². The highest BCUT2D eigenvalue weighted by Crippen LogP contribution is 2.19. The Morgan fingerprint density at radius 3 is 2.87 bits per heavy atom. The van der Waals surface area contributed by atoms with Gasteiger partial charge in [-0.2, -0.15) is 4.52 Å². The summed E-state index contributed by atoms with van der Waals surface area (Å²) >= 11 is 0. The highest BCUT2D eigenvalue weighted by molar-refractivity contribution is 5.82. The fourth-order valence-electron chi connectivity index (χ4n) is 3.06. The van der Waals surface area contributed by atoms with E-state index in [-0.39, 0.29) is 19.1 Å². The van der Waals surface area contributed by atoms with Gasteiger partial charge in [-0.25, -0.2) is 0 Å². The molecule has 1 N–H and O–H groups in total. The molecule has 0 aromatic carbocycles. The average Bonchev–Trinajstić information content (AvgIpc) is 3.38. The number of fused-ring (bicyclic) bond motifs is 1. The van der Waals surface area contributed by atoms with Crippen molar-refractivity contribution >= 4 is 17.4 Å². The summed E-state index contributed by atoms with van der Waals surface area (Å²) in [6.45, 7) is 3.56. The molecule has 152 valence electrons. The molecule has 1 amide bonds. The third-order valence-electron chi connectivity index (χ3n) is 4.53. The maximum Gasteiger partial charge on any atom is 0.239 e. The second-order valence-electron chi connectivity index (χ2n) is 6.73. The molecule has 0 radical (unpaired) electrons. The first-order chi connectivity index (χ1) is 14.7. The van der Waals surface area contributed by atoms with Crippen LogP contribution in [0.3, 0.4) is 0 Å². The predicted octanol–water partition coefficient (Wildman–Crippen LogP) is 0.393. The van der Waals surface area contributed by atoms with Crippen LogP contribution >= 0.6 is 0 Å². The zero-order valence-corrected chi connectivity index (χ0v) is 16.0. The second-order valence-corrected chi connectivity index (χ2v) is 6.73. The Bertz CT molecular complexity index is 1200. The lowest BCUT2D eigenvalue weighted by atomic mass is 10.3. The van der Waals surface area contributed by atoms with Gasteiger partial charge in [0.15, 0.2) is 17.2 Å². The zero-order chi connectivity index (χ0) is 20.5. The van der Waals surface area contributed by atoms with Crippen molar-refractivity contribution in [3.8, 4) is 17.4 Å². The summed E-state index contributed by atoms with van der Waals surface area (Å²) in [5.74, 6) is 2.14. The number of carbonyl (C=O) groups excluding carboxylic acids is 1. The highest BCUT2D eigenvalue weighted by atomic mass is 16.5. The van der Waals surface area contributed by atoms with Gasteiger partial charge >= 0.3 is 0 Å². The molecular weight excluding hydrogens is 390 g/mol. The number of anilines is 1. The Hall–Kier alpha value is -4.09. The van der Waals surface area contributed by atoms with Gasteiger partial charge in [0, 0.05) is 25.2 Å². The van der Waals surface area contributed by atoms with E-state index in [4.69, 9.17) is 9.26 Å². The SMILES string of the molecule is Cc1cc(-c2nnc3ccc(OCc4ccc(N5CCNC(=O)C5)nn4)nn23)no1. The monoisotopic (exact) mass is 407 g/mol. The number of piperazine rings is 1. The normalized spacial score (nSPS) is 14.2. The average molecular weight is 407 g/mol. The number of rotatable bonds is 5. The molecule has 0 spiro atoms. The lowest BCUT2D eigenvalue weighted by molar-refractivity contribution is -0.120. The van der Waals surface area contributed by atoms with Crippen LogP contribution in [0.25, 0.3) is 17.2 Å². The van der Waals surface area contributed by atoms with E-state index >= 15 is 0 Å². The van der Waals surface area contributed by atoms with Gasteiger partial charge in [-0.05, 0) is 25.1 Å². The number of aromatic nitrogens is 7. The van der Waals surface area contributed by atoms with Crippen molar-refractivity contribution in [2.75, 3.05) is 24.5 Å². The van der Waals surface area contributed by atoms with E-state index in [1.165, 1.54) is 0 Å². The third-order valence-corrected chi connectivity index (χ3v) is 4.53. The van der Waals surface area contributed by atoms with Gasteiger partial charge in [-0.3, -0.25) is 4.79 Å². The number of hydrogen-bond donors (Lipinski definition) is 1. The van der Waals surface area contributed by atoms with Crippen molar-refractivity contribution < 1.29 is 14.1 Å². The maximum atomic E-state index is 11.5. The number of ether oxygens (including phenoxy) is 1. The van der Waals surface area contributed by atoms with E-state index in [1.807, 2.05) is 17.0 Å². The van der Waals surface area contributed by atoms with Crippen LogP contribution in [-0.4, -0.2) is 60.7 Å². The zero-order valence-electron chi connectivity index (χ0n) is 16.0. The Morgan fingerprint density at radius 2 is 2.10 bits per heavy atom. The molecular formula is C18H17N9O3. The highest BCUT2D eigenvalue weighted by Gasteiger charge is 2.18. The summed E-state index contributed by atoms with van der Waals surface area (Å²) in [4.78, 5) is 13.4. The molecule has 12 heteroatoms. The molecule has 1 saturated heterocycles. The molecule has 4 aromatic heterocycles. The first-order valence-electron chi connectivity index (χ1n) is 9.29. The smallest absolute Gasteiger partial charge is 0.239 e. The summed E-state index contributed by atoms with van der Waals surface area (Å²) in [7, 11) is 0. The number of nitrogens with zero attached hydrogens (tertiary/aromatic N) is 8. The Kier molecular flexibility index (Phi) is 4.42. The molecule has 5 heterocycles. The van der Waals surface area contributed by atoms with Gasteiger partial charge in [-0.15, -0.1) is 25.5 Å². The molecule has 0 unspecified atom stereocenters. The second kappa shape index (κ2) is 7.39. The first kappa shape index (κ1) is 18.0. The molecule has 1 aliphatic rings. The summed E-state index contributed by atoms with van der Waals surface area (Å²) in [6, 6.07) is 8.86. The van der Waals surface area contributed by atoms with Crippen LogP contribution in [0, 0.1) is 6.92 Å². The summed E-state index contributed by atoms with van der Waals surface area (Å²) in [5.41, 5.74) is 1.74. The number of aryl methyl sites for hydroxylation is 1. The number of carbonyl (C=O) groups is 1. The molecule has 0 bridgehead atoms. The molecule has 1 fully saturated rings. The molecule has 0 aliphatic carbocycles. The lowest BCUT2D eigenvalue weighted by Gasteiger charge is -2.27. The fourth-order valence-corrected chi connectivity index (χ4v) is 3.06. The van der Waals surface area contributed by atoms with Crippen molar-refractivity contribution in [3.05, 3.63) is 41.8 Å². The van der Waals surface area contributed by atoms with Gasteiger partial charge in [0.05, 0.1) is 6.54 Å². The molecule has 30 heavy (non-hydrogen) atoms. The van der Waals surface area contributed by atoms with Crippen LogP contribution in [0.2, 0.25) is 0 Å². The summed E-state index contributed by atoms with van der Waals surface area (Å²) < 4.78 is 12.4. The van der Waals surface area contributed by atoms with Crippen LogP contribution in [0.5, 0.6) is 5.88 Å². The van der Waals surface area contributed by atoms with Crippen LogP contribution in [0.1, 0.15) is 11.5 Å². The fraction of sp³-hybridized carbons (Fsp3) is 0.278. The van der Waals surface area contributed by atoms with Crippen LogP contribution in [0.15, 0.2) is 34.9 Å². The van der Waals surface area contributed by atoms with Crippen LogP contribution in [-0.2, 0) is 11.4 Å². The molecule has 5 rings (SSSR count). The molecule has 12 nitrogen and oxygen atoms in total. The van der Waals surface area contributed by atoms with E-state index in [0.717, 1.165) is 0 Å². The minimum Gasteiger partial charge on any atom is -0.470 e. The third kappa shape index (κ3) is 3.50. The quantitative estimate of drug-likeness (QED) is 0.495. The summed E-state index contributed by atoms with van der Waals surface area (Å²) in [5, 5.41) is 27.7. The van der Waals surface area contributed by atoms with E-state index < -0.39 is 0 Å². The van der Waals surface area contributed by atoms with E-state index in [0.29, 0.717) is 53.4 Å². The lowest BCUT2D eigenvalue weighted by Crippen LogP contribution is -2.48. The van der Waals surface area contributed by atoms with Crippen LogP contribution in [0.4, 0.5) is 5.82 Å². The minimum absolute atomic E-state index is 0.0222. The molecule has 1 aliphatic heterocycles. The first-order valence-corrected chi connectivity index (χ1v) is 9.29. The molecule has 0 saturated carbocycles. The molecule has 4 aromatic rings. The van der Waals surface area contributed by atoms with Gasteiger partial charge < -0.3 is 19.5 Å². The Labute approximate surface area is 169 Å². The van der Waals surface area contributed by atoms with Crippen molar-refractivity contribution in [1.29, 1.82) is 0 Å². The van der Waals surface area contributed by atoms with Crippen molar-refractivity contribution in [3.63, 3.8) is 0 Å². The Morgan fingerprint density at radius 1 is 1.17 bits per heavy atom. The summed E-state index contributed by atoms with van der Waals surface area (Å²) in [6.07, 6.45) is 0. The van der Waals surface area contributed by atoms with Gasteiger partial charge in [-0.1, -0.05) is 5.16 Å². The largest absolute Gasteiger partial charge is 0.470 e. The van der Waals surface area contributed by atoms with E-state index in [1.54, 1.807) is 29.6 Å². The number of amides is 1. The van der Waals surface area contributed by atoms with E-state index in [9.17, 15) is 4.79 Å². The number of hydrogen-bond acceptors (Lipinski definition) is 10. The number of nitrogens with one attached hydrogen (secondary N) is 1. The standard InChI is InChI=1S/C18H17N9O3/c1-11-8-13(25-30-11)18-23-22-15-4-5-17(24-27(15)18)29-10-12-2-3-14(21-20-12)26-7-6-19-16(28)9-26/h2-5,8H,6-7,9-10H2,1H3,(H,19,28). The Balaban J connectivity index is 1.29. The van der Waals surface area contributed by atoms with E-state index in [2.05, 4.69) is 36.0 Å². The molecule has 0 atom stereocenters. The van der Waals surface area contributed by atoms with Gasteiger partial charge in [0.2, 0.25) is 17.6 Å². The van der Waals surface area contributed by atoms with Crippen molar-refractivity contribution in [2.24, 2.45) is 0 Å². The maximum absolute atomic E-state index is 11.5. The predicted molar refractivity (Wildman–Crippen MR) is 103 cm³/mol.